The van der Waals surface area contributed by atoms with Crippen LogP contribution in [0.3, 0.4) is 0 Å². The van der Waals surface area contributed by atoms with Gasteiger partial charge in [0.05, 0.1) is 6.61 Å². The molecule has 4 nitrogen and oxygen atoms in total. The number of benzene rings is 1. The van der Waals surface area contributed by atoms with Crippen molar-refractivity contribution in [3.63, 3.8) is 0 Å². The number of rotatable bonds is 4. The van der Waals surface area contributed by atoms with E-state index in [2.05, 4.69) is 5.32 Å². The fourth-order valence-electron chi connectivity index (χ4n) is 2.00. The molecule has 4 heteroatoms. The van der Waals surface area contributed by atoms with Crippen LogP contribution in [0.5, 0.6) is 5.75 Å². The first-order valence-electron chi connectivity index (χ1n) is 5.99. The average molecular weight is 234 g/mol. The highest BCUT2D eigenvalue weighted by Gasteiger charge is 2.13. The second-order valence-electron chi connectivity index (χ2n) is 4.41. The average Bonchev–Trinajstić information content (AvgIpc) is 2.38. The van der Waals surface area contributed by atoms with Gasteiger partial charge in [-0.1, -0.05) is 0 Å². The van der Waals surface area contributed by atoms with Gasteiger partial charge in [-0.05, 0) is 43.7 Å². The zero-order valence-electron chi connectivity index (χ0n) is 9.82. The van der Waals surface area contributed by atoms with Gasteiger partial charge in [-0.2, -0.15) is 0 Å². The summed E-state index contributed by atoms with van der Waals surface area (Å²) in [6, 6.07) is 6.96. The number of carbonyl (C=O) groups is 1. The van der Waals surface area contributed by atoms with Gasteiger partial charge in [-0.25, -0.2) is 0 Å². The maximum Gasteiger partial charge on any atom is 0.248 e. The Bertz CT molecular complexity index is 370. The molecule has 1 aliphatic rings. The van der Waals surface area contributed by atoms with Crippen molar-refractivity contribution >= 4 is 5.91 Å². The molecule has 1 fully saturated rings. The lowest BCUT2D eigenvalue weighted by molar-refractivity contribution is 0.1000. The second-order valence-corrected chi connectivity index (χ2v) is 4.41. The molecule has 1 aliphatic heterocycles. The molecule has 0 saturated carbocycles. The van der Waals surface area contributed by atoms with E-state index in [1.54, 1.807) is 24.3 Å². The van der Waals surface area contributed by atoms with Gasteiger partial charge in [-0.15, -0.1) is 0 Å². The van der Waals surface area contributed by atoms with Crippen molar-refractivity contribution in [2.45, 2.75) is 12.8 Å². The Morgan fingerprint density at radius 3 is 2.76 bits per heavy atom. The molecular formula is C13H18N2O2. The first-order chi connectivity index (χ1) is 8.25. The quantitative estimate of drug-likeness (QED) is 0.821. The molecule has 1 heterocycles. The number of amides is 1. The third kappa shape index (κ3) is 3.46. The smallest absolute Gasteiger partial charge is 0.248 e. The van der Waals surface area contributed by atoms with Gasteiger partial charge >= 0.3 is 0 Å². The molecule has 1 aromatic carbocycles. The fourth-order valence-corrected chi connectivity index (χ4v) is 2.00. The minimum atomic E-state index is -0.409. The zero-order valence-corrected chi connectivity index (χ0v) is 9.82. The predicted octanol–water partition coefficient (Wildman–Crippen LogP) is 1.16. The fraction of sp³-hybridized carbons (Fsp3) is 0.462. The topological polar surface area (TPSA) is 64.4 Å². The summed E-state index contributed by atoms with van der Waals surface area (Å²) in [7, 11) is 0. The van der Waals surface area contributed by atoms with Crippen molar-refractivity contribution < 1.29 is 9.53 Å². The third-order valence-corrected chi connectivity index (χ3v) is 3.02. The first-order valence-corrected chi connectivity index (χ1v) is 5.99. The van der Waals surface area contributed by atoms with E-state index in [0.29, 0.717) is 11.5 Å². The zero-order chi connectivity index (χ0) is 12.1. The predicted molar refractivity (Wildman–Crippen MR) is 66.0 cm³/mol. The molecule has 1 saturated heterocycles. The van der Waals surface area contributed by atoms with Crippen molar-refractivity contribution in [2.75, 3.05) is 19.7 Å². The molecule has 1 aromatic rings. The second kappa shape index (κ2) is 5.68. The largest absolute Gasteiger partial charge is 0.493 e. The molecule has 0 bridgehead atoms. The van der Waals surface area contributed by atoms with Crippen LogP contribution >= 0.6 is 0 Å². The van der Waals surface area contributed by atoms with E-state index in [-0.39, 0.29) is 0 Å². The van der Waals surface area contributed by atoms with Crippen LogP contribution in [0.25, 0.3) is 0 Å². The number of nitrogens with two attached hydrogens (primary N) is 1. The summed E-state index contributed by atoms with van der Waals surface area (Å²) in [4.78, 5) is 10.9. The summed E-state index contributed by atoms with van der Waals surface area (Å²) in [5.74, 6) is 0.966. The summed E-state index contributed by atoms with van der Waals surface area (Å²) < 4.78 is 5.69. The van der Waals surface area contributed by atoms with E-state index in [0.717, 1.165) is 25.4 Å². The van der Waals surface area contributed by atoms with Gasteiger partial charge in [0, 0.05) is 18.0 Å². The highest BCUT2D eigenvalue weighted by molar-refractivity contribution is 5.92. The third-order valence-electron chi connectivity index (χ3n) is 3.02. The highest BCUT2D eigenvalue weighted by atomic mass is 16.5. The first kappa shape index (κ1) is 11.9. The Labute approximate surface area is 101 Å². The van der Waals surface area contributed by atoms with Gasteiger partial charge in [-0.3, -0.25) is 4.79 Å². The van der Waals surface area contributed by atoms with Crippen molar-refractivity contribution in [1.82, 2.24) is 5.32 Å². The molecule has 0 spiro atoms. The van der Waals surface area contributed by atoms with Gasteiger partial charge in [0.25, 0.3) is 0 Å². The lowest BCUT2D eigenvalue weighted by Gasteiger charge is -2.22. The van der Waals surface area contributed by atoms with E-state index in [1.807, 2.05) is 0 Å². The Hall–Kier alpha value is -1.55. The Morgan fingerprint density at radius 2 is 2.18 bits per heavy atom. The maximum atomic E-state index is 10.9. The van der Waals surface area contributed by atoms with E-state index in [1.165, 1.54) is 12.8 Å². The molecule has 17 heavy (non-hydrogen) atoms. The van der Waals surface area contributed by atoms with Crippen LogP contribution in [0.2, 0.25) is 0 Å². The highest BCUT2D eigenvalue weighted by Crippen LogP contribution is 2.15. The van der Waals surface area contributed by atoms with Gasteiger partial charge in [0.2, 0.25) is 5.91 Å². The summed E-state index contributed by atoms with van der Waals surface area (Å²) >= 11 is 0. The van der Waals surface area contributed by atoms with Crippen LogP contribution < -0.4 is 15.8 Å². The van der Waals surface area contributed by atoms with Gasteiger partial charge < -0.3 is 15.8 Å². The summed E-state index contributed by atoms with van der Waals surface area (Å²) in [6.45, 7) is 2.87. The Morgan fingerprint density at radius 1 is 1.41 bits per heavy atom. The van der Waals surface area contributed by atoms with E-state index < -0.39 is 5.91 Å². The van der Waals surface area contributed by atoms with E-state index in [9.17, 15) is 4.79 Å². The standard InChI is InChI=1S/C13H18N2O2/c14-13(16)11-3-5-12(6-4-11)17-9-10-2-1-7-15-8-10/h3-6,10,15H,1-2,7-9H2,(H2,14,16). The number of primary amides is 1. The van der Waals surface area contributed by atoms with Gasteiger partial charge in [0.15, 0.2) is 0 Å². The van der Waals surface area contributed by atoms with Crippen LogP contribution in [-0.2, 0) is 0 Å². The number of hydrogen-bond acceptors (Lipinski definition) is 3. The molecule has 0 radical (unpaired) electrons. The minimum absolute atomic E-state index is 0.409. The van der Waals surface area contributed by atoms with Crippen LogP contribution in [0.4, 0.5) is 0 Å². The SMILES string of the molecule is NC(=O)c1ccc(OCC2CCCNC2)cc1. The van der Waals surface area contributed by atoms with E-state index in [4.69, 9.17) is 10.5 Å². The lowest BCUT2D eigenvalue weighted by atomic mass is 10.0. The molecule has 1 amide bonds. The normalized spacial score (nSPS) is 19.9. The van der Waals surface area contributed by atoms with Crippen LogP contribution in [-0.4, -0.2) is 25.6 Å². The molecule has 1 atom stereocenters. The number of carbonyl (C=O) groups excluding carboxylic acids is 1. The van der Waals surface area contributed by atoms with Crippen LogP contribution in [0, 0.1) is 5.92 Å². The molecular weight excluding hydrogens is 216 g/mol. The van der Waals surface area contributed by atoms with E-state index >= 15 is 0 Å². The number of piperidine rings is 1. The van der Waals surface area contributed by atoms with Crippen LogP contribution in [0.1, 0.15) is 23.2 Å². The molecule has 0 aromatic heterocycles. The summed E-state index contributed by atoms with van der Waals surface area (Å²) in [6.07, 6.45) is 2.43. The summed E-state index contributed by atoms with van der Waals surface area (Å²) in [5, 5.41) is 3.35. The molecule has 92 valence electrons. The van der Waals surface area contributed by atoms with Crippen molar-refractivity contribution in [3.8, 4) is 5.75 Å². The molecule has 0 aliphatic carbocycles. The van der Waals surface area contributed by atoms with Crippen molar-refractivity contribution in [1.29, 1.82) is 0 Å². The van der Waals surface area contributed by atoms with Crippen molar-refractivity contribution in [3.05, 3.63) is 29.8 Å². The monoisotopic (exact) mass is 234 g/mol. The minimum Gasteiger partial charge on any atom is -0.493 e. The maximum absolute atomic E-state index is 10.9. The Kier molecular flexibility index (Phi) is 3.98. The lowest BCUT2D eigenvalue weighted by Crippen LogP contribution is -2.33. The Balaban J connectivity index is 1.84. The molecule has 3 N–H and O–H groups in total. The molecule has 2 rings (SSSR count). The van der Waals surface area contributed by atoms with Crippen molar-refractivity contribution in [2.24, 2.45) is 11.7 Å². The van der Waals surface area contributed by atoms with Crippen LogP contribution in [0.15, 0.2) is 24.3 Å². The number of hydrogen-bond donors (Lipinski definition) is 2. The van der Waals surface area contributed by atoms with Gasteiger partial charge in [0.1, 0.15) is 5.75 Å². The number of nitrogens with one attached hydrogen (secondary N) is 1. The summed E-state index contributed by atoms with van der Waals surface area (Å²) in [5.41, 5.74) is 5.68. The number of ether oxygens (including phenoxy) is 1. The molecule has 1 unspecified atom stereocenters.